The van der Waals surface area contributed by atoms with E-state index in [9.17, 15) is 4.79 Å². The summed E-state index contributed by atoms with van der Waals surface area (Å²) in [5.74, 6) is 0. The van der Waals surface area contributed by atoms with Crippen LogP contribution in [0.1, 0.15) is 25.8 Å². The van der Waals surface area contributed by atoms with Crippen LogP contribution in [0.5, 0.6) is 0 Å². The molecule has 1 N–H and O–H groups in total. The normalized spacial score (nSPS) is 13.8. The molecule has 0 aliphatic heterocycles. The zero-order chi connectivity index (χ0) is 12.7. The van der Waals surface area contributed by atoms with E-state index in [2.05, 4.69) is 5.32 Å². The average molecular weight is 256 g/mol. The topological polar surface area (TPSA) is 38.3 Å². The summed E-state index contributed by atoms with van der Waals surface area (Å²) in [7, 11) is 0. The fourth-order valence-corrected chi connectivity index (χ4v) is 1.70. The molecule has 0 bridgehead atoms. The number of rotatable bonds is 5. The number of hydrogen-bond donors (Lipinski definition) is 1. The summed E-state index contributed by atoms with van der Waals surface area (Å²) < 4.78 is 5.10. The fourth-order valence-electron chi connectivity index (χ4n) is 1.46. The van der Waals surface area contributed by atoms with Gasteiger partial charge in [-0.15, -0.1) is 11.6 Å². The average Bonchev–Trinajstić information content (AvgIpc) is 2.34. The van der Waals surface area contributed by atoms with Crippen LogP contribution in [0.25, 0.3) is 0 Å². The highest BCUT2D eigenvalue weighted by atomic mass is 35.5. The molecule has 3 nitrogen and oxygen atoms in total. The van der Waals surface area contributed by atoms with Crippen molar-refractivity contribution in [1.29, 1.82) is 0 Å². The van der Waals surface area contributed by atoms with Crippen LogP contribution < -0.4 is 5.32 Å². The van der Waals surface area contributed by atoms with Crippen LogP contribution in [-0.2, 0) is 11.3 Å². The molecule has 4 heteroatoms. The first-order valence-electron chi connectivity index (χ1n) is 5.74. The molecule has 1 aromatic rings. The van der Waals surface area contributed by atoms with Crippen LogP contribution in [0.15, 0.2) is 30.3 Å². The maximum Gasteiger partial charge on any atom is 0.407 e. The molecule has 0 radical (unpaired) electrons. The molecule has 0 saturated heterocycles. The number of benzene rings is 1. The molecule has 0 aliphatic carbocycles. The third kappa shape index (κ3) is 5.09. The van der Waals surface area contributed by atoms with Crippen LogP contribution in [0, 0.1) is 0 Å². The lowest BCUT2D eigenvalue weighted by Gasteiger charge is -2.18. The Morgan fingerprint density at radius 1 is 1.41 bits per heavy atom. The van der Waals surface area contributed by atoms with Crippen molar-refractivity contribution < 1.29 is 9.53 Å². The molecule has 0 fully saturated rings. The van der Waals surface area contributed by atoms with E-state index in [0.29, 0.717) is 0 Å². The number of amides is 1. The van der Waals surface area contributed by atoms with Gasteiger partial charge >= 0.3 is 6.09 Å². The molecule has 17 heavy (non-hydrogen) atoms. The Hall–Kier alpha value is -1.22. The van der Waals surface area contributed by atoms with Crippen LogP contribution in [0.3, 0.4) is 0 Å². The first-order valence-corrected chi connectivity index (χ1v) is 6.18. The maximum atomic E-state index is 11.5. The zero-order valence-corrected chi connectivity index (χ0v) is 10.9. The van der Waals surface area contributed by atoms with Crippen molar-refractivity contribution in [3.8, 4) is 0 Å². The third-order valence-corrected chi connectivity index (χ3v) is 2.81. The van der Waals surface area contributed by atoms with Gasteiger partial charge in [0, 0.05) is 6.04 Å². The molecule has 94 valence electrons. The van der Waals surface area contributed by atoms with Gasteiger partial charge in [0.25, 0.3) is 0 Å². The Kier molecular flexibility index (Phi) is 5.84. The molecule has 0 aliphatic rings. The van der Waals surface area contributed by atoms with Gasteiger partial charge < -0.3 is 10.1 Å². The van der Waals surface area contributed by atoms with Gasteiger partial charge in [-0.05, 0) is 18.9 Å². The number of alkyl halides is 1. The van der Waals surface area contributed by atoms with Crippen molar-refractivity contribution in [1.82, 2.24) is 5.32 Å². The van der Waals surface area contributed by atoms with Crippen LogP contribution in [-0.4, -0.2) is 17.5 Å². The van der Waals surface area contributed by atoms with Gasteiger partial charge in [-0.1, -0.05) is 37.3 Å². The Morgan fingerprint density at radius 2 is 2.06 bits per heavy atom. The first-order chi connectivity index (χ1) is 8.13. The molecule has 0 spiro atoms. The van der Waals surface area contributed by atoms with Crippen molar-refractivity contribution in [3.05, 3.63) is 35.9 Å². The summed E-state index contributed by atoms with van der Waals surface area (Å²) in [5.41, 5.74) is 0.967. The summed E-state index contributed by atoms with van der Waals surface area (Å²) in [5, 5.41) is 2.64. The minimum Gasteiger partial charge on any atom is -0.445 e. The van der Waals surface area contributed by atoms with Crippen molar-refractivity contribution >= 4 is 17.7 Å². The zero-order valence-electron chi connectivity index (χ0n) is 10.2. The molecule has 0 heterocycles. The standard InChI is InChI=1S/C13H18ClNO2/c1-3-12(10(2)14)15-13(16)17-9-11-7-5-4-6-8-11/h4-8,10,12H,3,9H2,1-2H3,(H,15,16)/t10-,12+/m0/s1. The Labute approximate surface area is 107 Å². The van der Waals surface area contributed by atoms with E-state index >= 15 is 0 Å². The molecule has 0 aromatic heterocycles. The highest BCUT2D eigenvalue weighted by molar-refractivity contribution is 6.20. The minimum atomic E-state index is -0.423. The second-order valence-electron chi connectivity index (χ2n) is 3.90. The van der Waals surface area contributed by atoms with E-state index in [0.717, 1.165) is 12.0 Å². The lowest BCUT2D eigenvalue weighted by molar-refractivity contribution is 0.135. The number of nitrogens with one attached hydrogen (secondary N) is 1. The Morgan fingerprint density at radius 3 is 2.59 bits per heavy atom. The van der Waals surface area contributed by atoms with Crippen LogP contribution in [0.2, 0.25) is 0 Å². The summed E-state index contributed by atoms with van der Waals surface area (Å²) in [4.78, 5) is 11.5. The van der Waals surface area contributed by atoms with Gasteiger partial charge in [0.2, 0.25) is 0 Å². The van der Waals surface area contributed by atoms with Gasteiger partial charge in [-0.3, -0.25) is 0 Å². The largest absolute Gasteiger partial charge is 0.445 e. The number of carbonyl (C=O) groups excluding carboxylic acids is 1. The third-order valence-electron chi connectivity index (χ3n) is 2.51. The van der Waals surface area contributed by atoms with Gasteiger partial charge in [-0.2, -0.15) is 0 Å². The monoisotopic (exact) mass is 255 g/mol. The molecular formula is C13H18ClNO2. The van der Waals surface area contributed by atoms with E-state index in [1.165, 1.54) is 0 Å². The quantitative estimate of drug-likeness (QED) is 0.820. The van der Waals surface area contributed by atoms with Crippen molar-refractivity contribution in [2.45, 2.75) is 38.3 Å². The number of alkyl carbamates (subject to hydrolysis) is 1. The van der Waals surface area contributed by atoms with Gasteiger partial charge in [0.15, 0.2) is 0 Å². The molecule has 2 atom stereocenters. The van der Waals surface area contributed by atoms with Gasteiger partial charge in [0.1, 0.15) is 6.61 Å². The summed E-state index contributed by atoms with van der Waals surface area (Å²) in [6, 6.07) is 9.51. The van der Waals surface area contributed by atoms with E-state index in [4.69, 9.17) is 16.3 Å². The number of ether oxygens (including phenoxy) is 1. The van der Waals surface area contributed by atoms with E-state index < -0.39 is 6.09 Å². The highest BCUT2D eigenvalue weighted by Gasteiger charge is 2.16. The maximum absolute atomic E-state index is 11.5. The molecular weight excluding hydrogens is 238 g/mol. The van der Waals surface area contributed by atoms with Gasteiger partial charge in [0.05, 0.1) is 5.38 Å². The van der Waals surface area contributed by atoms with Crippen LogP contribution >= 0.6 is 11.6 Å². The lowest BCUT2D eigenvalue weighted by atomic mass is 10.2. The molecule has 1 aromatic carbocycles. The molecule has 1 amide bonds. The molecule has 0 saturated carbocycles. The first kappa shape index (κ1) is 13.8. The Balaban J connectivity index is 2.35. The van der Waals surface area contributed by atoms with E-state index in [-0.39, 0.29) is 18.0 Å². The van der Waals surface area contributed by atoms with Crippen LogP contribution in [0.4, 0.5) is 4.79 Å². The summed E-state index contributed by atoms with van der Waals surface area (Å²) in [6.07, 6.45) is 0.360. The highest BCUT2D eigenvalue weighted by Crippen LogP contribution is 2.06. The number of halogens is 1. The second kappa shape index (κ2) is 7.17. The molecule has 0 unspecified atom stereocenters. The van der Waals surface area contributed by atoms with Crippen molar-refractivity contribution in [2.75, 3.05) is 0 Å². The smallest absolute Gasteiger partial charge is 0.407 e. The minimum absolute atomic E-state index is 0.0556. The summed E-state index contributed by atoms with van der Waals surface area (Å²) >= 11 is 5.93. The van der Waals surface area contributed by atoms with Crippen molar-refractivity contribution in [3.63, 3.8) is 0 Å². The van der Waals surface area contributed by atoms with E-state index in [1.54, 1.807) is 0 Å². The molecule has 1 rings (SSSR count). The fraction of sp³-hybridized carbons (Fsp3) is 0.462. The second-order valence-corrected chi connectivity index (χ2v) is 4.59. The Bertz CT molecular complexity index is 341. The van der Waals surface area contributed by atoms with E-state index in [1.807, 2.05) is 44.2 Å². The van der Waals surface area contributed by atoms with Gasteiger partial charge in [-0.25, -0.2) is 4.79 Å². The SMILES string of the molecule is CC[C@@H](NC(=O)OCc1ccccc1)[C@H](C)Cl. The predicted octanol–water partition coefficient (Wildman–Crippen LogP) is 3.32. The number of carbonyl (C=O) groups is 1. The number of hydrogen-bond acceptors (Lipinski definition) is 2. The van der Waals surface area contributed by atoms with Crippen molar-refractivity contribution in [2.24, 2.45) is 0 Å². The summed E-state index contributed by atoms with van der Waals surface area (Å²) in [6.45, 7) is 4.11. The lowest BCUT2D eigenvalue weighted by Crippen LogP contribution is -2.39. The predicted molar refractivity (Wildman–Crippen MR) is 69.2 cm³/mol.